The first kappa shape index (κ1) is 24.5. The summed E-state index contributed by atoms with van der Waals surface area (Å²) in [4.78, 5) is 9.17. The Morgan fingerprint density at radius 1 is 1.22 bits per heavy atom. The van der Waals surface area contributed by atoms with E-state index in [-0.39, 0.29) is 0 Å². The highest BCUT2D eigenvalue weighted by Crippen LogP contribution is 2.35. The van der Waals surface area contributed by atoms with Crippen LogP contribution in [0.25, 0.3) is 44.9 Å². The van der Waals surface area contributed by atoms with Gasteiger partial charge in [-0.1, -0.05) is 38.0 Å². The van der Waals surface area contributed by atoms with Crippen LogP contribution in [0.5, 0.6) is 0 Å². The molecule has 0 saturated heterocycles. The summed E-state index contributed by atoms with van der Waals surface area (Å²) in [6.45, 7) is 16.6. The second-order valence-corrected chi connectivity index (χ2v) is 10.1. The monoisotopic (exact) mass is 505 g/mol. The maximum Gasteiger partial charge on any atom is 0.116 e. The Bertz CT molecular complexity index is 1670. The number of aromatic amines is 2. The Morgan fingerprint density at radius 3 is 2.73 bits per heavy atom. The molecule has 6 heteroatoms. The summed E-state index contributed by atoms with van der Waals surface area (Å²) in [6.07, 6.45) is 16.2. The molecule has 1 aliphatic rings. The molecule has 1 saturated carbocycles. The number of pyridine rings is 1. The van der Waals surface area contributed by atoms with E-state index in [2.05, 4.69) is 87.0 Å². The van der Waals surface area contributed by atoms with Gasteiger partial charge in [0, 0.05) is 38.6 Å². The Morgan fingerprint density at radius 2 is 2.05 bits per heavy atom. The van der Waals surface area contributed by atoms with Gasteiger partial charge in [0.1, 0.15) is 5.69 Å². The number of hydrogen-bond donors (Lipinski definition) is 3. The van der Waals surface area contributed by atoms with Gasteiger partial charge in [0.2, 0.25) is 0 Å². The normalized spacial score (nSPS) is 15.4. The first-order chi connectivity index (χ1) is 18.0. The van der Waals surface area contributed by atoms with Crippen molar-refractivity contribution in [2.24, 2.45) is 5.92 Å². The summed E-state index contributed by atoms with van der Waals surface area (Å²) in [5, 5.41) is 16.4. The van der Waals surface area contributed by atoms with Gasteiger partial charge in [0.15, 0.2) is 0 Å². The zero-order valence-electron chi connectivity index (χ0n) is 21.3. The van der Waals surface area contributed by atoms with Gasteiger partial charge in [-0.2, -0.15) is 5.10 Å². The van der Waals surface area contributed by atoms with Crippen molar-refractivity contribution in [3.8, 4) is 21.8 Å². The van der Waals surface area contributed by atoms with Gasteiger partial charge in [-0.05, 0) is 79.5 Å². The summed E-state index contributed by atoms with van der Waals surface area (Å²) >= 11 is 1.71. The molecular formula is C31H31N5S. The summed E-state index contributed by atoms with van der Waals surface area (Å²) in [5.74, 6) is 0.565. The van der Waals surface area contributed by atoms with Gasteiger partial charge in [-0.15, -0.1) is 11.3 Å². The molecular weight excluding hydrogens is 474 g/mol. The van der Waals surface area contributed by atoms with Crippen LogP contribution in [0, 0.1) is 5.92 Å². The third-order valence-corrected chi connectivity index (χ3v) is 7.52. The van der Waals surface area contributed by atoms with E-state index in [1.807, 2.05) is 38.4 Å². The number of fused-ring (bicyclic) bond motifs is 1. The van der Waals surface area contributed by atoms with Crippen molar-refractivity contribution >= 4 is 34.4 Å². The summed E-state index contributed by atoms with van der Waals surface area (Å²) in [7, 11) is 0. The summed E-state index contributed by atoms with van der Waals surface area (Å²) in [6, 6.07) is 6.33. The third-order valence-electron chi connectivity index (χ3n) is 6.62. The number of aromatic nitrogens is 4. The SMILES string of the molecule is C=C/C(=C\C(=C/C)C(=C)/C=c1/c(-c2cc3c(-c4cccs4)cncc3[nH]2)n[nH]/c1=C/C)NC(=C)C1CC1. The topological polar surface area (TPSA) is 69.4 Å². The second kappa shape index (κ2) is 10.4. The van der Waals surface area contributed by atoms with Gasteiger partial charge in [-0.25, -0.2) is 0 Å². The Hall–Kier alpha value is -4.16. The quantitative estimate of drug-likeness (QED) is 0.232. The van der Waals surface area contributed by atoms with Crippen LogP contribution in [0.4, 0.5) is 0 Å². The zero-order valence-corrected chi connectivity index (χ0v) is 22.1. The highest BCUT2D eigenvalue weighted by atomic mass is 32.1. The van der Waals surface area contributed by atoms with Gasteiger partial charge in [0.05, 0.1) is 22.8 Å². The molecule has 5 rings (SSSR count). The van der Waals surface area contributed by atoms with Crippen molar-refractivity contribution in [1.82, 2.24) is 25.5 Å². The highest BCUT2D eigenvalue weighted by molar-refractivity contribution is 7.13. The van der Waals surface area contributed by atoms with Crippen LogP contribution in [0.3, 0.4) is 0 Å². The molecule has 0 spiro atoms. The molecule has 0 aliphatic heterocycles. The van der Waals surface area contributed by atoms with Crippen LogP contribution in [-0.2, 0) is 0 Å². The number of allylic oxidation sites excluding steroid dienone is 6. The Balaban J connectivity index is 1.54. The van der Waals surface area contributed by atoms with E-state index in [9.17, 15) is 0 Å². The van der Waals surface area contributed by atoms with Crippen molar-refractivity contribution < 1.29 is 0 Å². The van der Waals surface area contributed by atoms with Crippen molar-refractivity contribution in [3.05, 3.63) is 107 Å². The lowest BCUT2D eigenvalue weighted by molar-refractivity contribution is 0.864. The molecule has 0 bridgehead atoms. The molecule has 1 aliphatic carbocycles. The van der Waals surface area contributed by atoms with Crippen LogP contribution < -0.4 is 15.9 Å². The number of H-pyrrole nitrogens is 2. The van der Waals surface area contributed by atoms with E-state index in [1.165, 1.54) is 17.7 Å². The largest absolute Gasteiger partial charge is 0.359 e. The van der Waals surface area contributed by atoms with E-state index in [0.717, 1.165) is 61.0 Å². The maximum absolute atomic E-state index is 4.67. The van der Waals surface area contributed by atoms with Crippen LogP contribution >= 0.6 is 11.3 Å². The standard InChI is InChI=1S/C31H31N5S/c1-6-21(15-23(7-2)33-20(5)22-11-12-22)19(4)14-25-27(8-3)35-36-31(25)28-16-24-26(30-10-9-13-37-30)17-32-18-29(24)34-28/h6-10,13-18,22,33-35H,2,4-5,11-12H2,1,3H3/b21-6+,23-15+,25-14+,27-8+. The molecule has 4 aromatic heterocycles. The first-order valence-electron chi connectivity index (χ1n) is 12.4. The lowest BCUT2D eigenvalue weighted by Crippen LogP contribution is -2.23. The number of hydrogen-bond acceptors (Lipinski definition) is 4. The third kappa shape index (κ3) is 5.06. The molecule has 0 atom stereocenters. The Kier molecular flexibility index (Phi) is 6.93. The highest BCUT2D eigenvalue weighted by Gasteiger charge is 2.24. The van der Waals surface area contributed by atoms with E-state index in [4.69, 9.17) is 0 Å². The van der Waals surface area contributed by atoms with E-state index in [1.54, 1.807) is 11.3 Å². The number of nitrogens with one attached hydrogen (secondary N) is 3. The first-order valence-corrected chi connectivity index (χ1v) is 13.3. The van der Waals surface area contributed by atoms with Crippen LogP contribution in [-0.4, -0.2) is 20.2 Å². The molecule has 37 heavy (non-hydrogen) atoms. The molecule has 0 unspecified atom stereocenters. The molecule has 4 aromatic rings. The number of rotatable bonds is 9. The lowest BCUT2D eigenvalue weighted by atomic mass is 10.0. The smallest absolute Gasteiger partial charge is 0.116 e. The lowest BCUT2D eigenvalue weighted by Gasteiger charge is -2.11. The van der Waals surface area contributed by atoms with Gasteiger partial charge in [-0.3, -0.25) is 10.1 Å². The summed E-state index contributed by atoms with van der Waals surface area (Å²) < 4.78 is 0. The van der Waals surface area contributed by atoms with Crippen LogP contribution in [0.15, 0.2) is 96.5 Å². The van der Waals surface area contributed by atoms with E-state index >= 15 is 0 Å². The minimum Gasteiger partial charge on any atom is -0.359 e. The summed E-state index contributed by atoms with van der Waals surface area (Å²) in [5.41, 5.74) is 7.70. The maximum atomic E-state index is 4.67. The van der Waals surface area contributed by atoms with Crippen LogP contribution in [0.2, 0.25) is 0 Å². The molecule has 4 heterocycles. The van der Waals surface area contributed by atoms with Gasteiger partial charge >= 0.3 is 0 Å². The Labute approximate surface area is 221 Å². The minimum atomic E-state index is 0.565. The number of thiophene rings is 1. The van der Waals surface area contributed by atoms with Gasteiger partial charge < -0.3 is 10.3 Å². The molecule has 0 amide bonds. The molecule has 0 aromatic carbocycles. The average molecular weight is 506 g/mol. The molecule has 0 radical (unpaired) electrons. The predicted molar refractivity (Wildman–Crippen MR) is 157 cm³/mol. The fourth-order valence-electron chi connectivity index (χ4n) is 4.39. The number of nitrogens with zero attached hydrogens (tertiary/aromatic N) is 2. The second-order valence-electron chi connectivity index (χ2n) is 9.14. The predicted octanol–water partition coefficient (Wildman–Crippen LogP) is 6.35. The molecule has 5 nitrogen and oxygen atoms in total. The van der Waals surface area contributed by atoms with Crippen molar-refractivity contribution in [2.45, 2.75) is 26.7 Å². The fourth-order valence-corrected chi connectivity index (χ4v) is 5.14. The van der Waals surface area contributed by atoms with Gasteiger partial charge in [0.25, 0.3) is 0 Å². The molecule has 3 N–H and O–H groups in total. The molecule has 186 valence electrons. The average Bonchev–Trinajstić information content (AvgIpc) is 3.28. The van der Waals surface area contributed by atoms with Crippen LogP contribution in [0.1, 0.15) is 26.7 Å². The fraction of sp³-hybridized carbons (Fsp3) is 0.161. The van der Waals surface area contributed by atoms with E-state index in [0.29, 0.717) is 5.92 Å². The van der Waals surface area contributed by atoms with Crippen molar-refractivity contribution in [2.75, 3.05) is 0 Å². The molecule has 1 fully saturated rings. The van der Waals surface area contributed by atoms with Crippen molar-refractivity contribution in [1.29, 1.82) is 0 Å². The zero-order chi connectivity index (χ0) is 25.9. The minimum absolute atomic E-state index is 0.565. The van der Waals surface area contributed by atoms with Crippen molar-refractivity contribution in [3.63, 3.8) is 0 Å². The van der Waals surface area contributed by atoms with E-state index < -0.39 is 0 Å².